The molecule has 130 valence electrons. The molecule has 25 heavy (non-hydrogen) atoms. The van der Waals surface area contributed by atoms with E-state index in [2.05, 4.69) is 45.0 Å². The van der Waals surface area contributed by atoms with Gasteiger partial charge in [0.05, 0.1) is 7.11 Å². The predicted octanol–water partition coefficient (Wildman–Crippen LogP) is 3.65. The number of carbonyl (C=O) groups excluding carboxylic acids is 1. The van der Waals surface area contributed by atoms with Crippen LogP contribution in [0.1, 0.15) is 35.7 Å². The standard InChI is InChI=1S/C21H24N2O2/c1-25-21(24)12-9-17-7-10-18(11-8-17)20-6-4-15-23(20)16-13-19-5-2-3-14-22-19/h2-3,5,7-12,14,20H,4,6,13,15-16H2,1H3. The van der Waals surface area contributed by atoms with E-state index >= 15 is 0 Å². The summed E-state index contributed by atoms with van der Waals surface area (Å²) in [7, 11) is 1.38. The van der Waals surface area contributed by atoms with Gasteiger partial charge in [0.2, 0.25) is 0 Å². The number of esters is 1. The van der Waals surface area contributed by atoms with Crippen molar-refractivity contribution in [3.8, 4) is 0 Å². The molecule has 4 heteroatoms. The van der Waals surface area contributed by atoms with Crippen molar-refractivity contribution in [3.05, 3.63) is 71.6 Å². The largest absolute Gasteiger partial charge is 0.466 e. The maximum absolute atomic E-state index is 11.2. The maximum atomic E-state index is 11.2. The fourth-order valence-electron chi connectivity index (χ4n) is 3.34. The molecule has 0 radical (unpaired) electrons. The lowest BCUT2D eigenvalue weighted by Gasteiger charge is -2.24. The average molecular weight is 336 g/mol. The van der Waals surface area contributed by atoms with Gasteiger partial charge in [0.25, 0.3) is 0 Å². The zero-order valence-corrected chi connectivity index (χ0v) is 14.6. The Kier molecular flexibility index (Phi) is 5.96. The maximum Gasteiger partial charge on any atom is 0.330 e. The second-order valence-corrected chi connectivity index (χ2v) is 6.29. The molecule has 1 saturated heterocycles. The number of methoxy groups -OCH3 is 1. The third-order valence-corrected chi connectivity index (χ3v) is 4.68. The van der Waals surface area contributed by atoms with Crippen LogP contribution in [-0.2, 0) is 16.0 Å². The third kappa shape index (κ3) is 4.77. The minimum absolute atomic E-state index is 0.333. The van der Waals surface area contributed by atoms with Crippen LogP contribution in [-0.4, -0.2) is 36.1 Å². The van der Waals surface area contributed by atoms with Crippen molar-refractivity contribution in [2.24, 2.45) is 0 Å². The Labute approximate surface area is 149 Å². The molecule has 1 unspecified atom stereocenters. The molecule has 1 aromatic heterocycles. The van der Waals surface area contributed by atoms with E-state index in [1.807, 2.05) is 18.3 Å². The molecule has 1 aliphatic rings. The van der Waals surface area contributed by atoms with E-state index in [0.29, 0.717) is 6.04 Å². The highest BCUT2D eigenvalue weighted by Crippen LogP contribution is 2.32. The first-order chi connectivity index (χ1) is 12.3. The monoisotopic (exact) mass is 336 g/mol. The number of benzene rings is 1. The quantitative estimate of drug-likeness (QED) is 0.596. The smallest absolute Gasteiger partial charge is 0.330 e. The molecule has 0 spiro atoms. The van der Waals surface area contributed by atoms with E-state index in [9.17, 15) is 4.79 Å². The van der Waals surface area contributed by atoms with Gasteiger partial charge in [-0.25, -0.2) is 4.79 Å². The van der Waals surface area contributed by atoms with Gasteiger partial charge in [-0.3, -0.25) is 9.88 Å². The van der Waals surface area contributed by atoms with Crippen molar-refractivity contribution in [1.82, 2.24) is 9.88 Å². The number of ether oxygens (including phenoxy) is 1. The summed E-state index contributed by atoms with van der Waals surface area (Å²) in [6.07, 6.45) is 8.50. The number of nitrogens with zero attached hydrogens (tertiary/aromatic N) is 2. The zero-order chi connectivity index (χ0) is 17.5. The Morgan fingerprint density at radius 2 is 2.12 bits per heavy atom. The van der Waals surface area contributed by atoms with Gasteiger partial charge in [-0.1, -0.05) is 30.3 Å². The average Bonchev–Trinajstić information content (AvgIpc) is 3.14. The number of pyridine rings is 1. The summed E-state index contributed by atoms with van der Waals surface area (Å²) in [4.78, 5) is 18.1. The summed E-state index contributed by atoms with van der Waals surface area (Å²) in [5, 5.41) is 0. The molecule has 2 heterocycles. The zero-order valence-electron chi connectivity index (χ0n) is 14.6. The van der Waals surface area contributed by atoms with Gasteiger partial charge in [0, 0.05) is 37.0 Å². The number of rotatable bonds is 6. The van der Waals surface area contributed by atoms with Crippen molar-refractivity contribution in [1.29, 1.82) is 0 Å². The van der Waals surface area contributed by atoms with Crippen LogP contribution in [0.3, 0.4) is 0 Å². The van der Waals surface area contributed by atoms with Crippen LogP contribution in [0.2, 0.25) is 0 Å². The number of hydrogen-bond donors (Lipinski definition) is 0. The molecular weight excluding hydrogens is 312 g/mol. The first kappa shape index (κ1) is 17.4. The molecule has 2 aromatic rings. The number of hydrogen-bond acceptors (Lipinski definition) is 4. The molecule has 3 rings (SSSR count). The van der Waals surface area contributed by atoms with E-state index in [4.69, 9.17) is 0 Å². The topological polar surface area (TPSA) is 42.4 Å². The van der Waals surface area contributed by atoms with E-state index in [1.54, 1.807) is 6.08 Å². The Bertz CT molecular complexity index is 710. The highest BCUT2D eigenvalue weighted by Gasteiger charge is 2.25. The van der Waals surface area contributed by atoms with Crippen LogP contribution in [0.15, 0.2) is 54.7 Å². The van der Waals surface area contributed by atoms with Gasteiger partial charge in [0.15, 0.2) is 0 Å². The summed E-state index contributed by atoms with van der Waals surface area (Å²) >= 11 is 0. The fraction of sp³-hybridized carbons (Fsp3) is 0.333. The highest BCUT2D eigenvalue weighted by atomic mass is 16.5. The van der Waals surface area contributed by atoms with Crippen molar-refractivity contribution in [2.75, 3.05) is 20.2 Å². The van der Waals surface area contributed by atoms with Crippen molar-refractivity contribution in [2.45, 2.75) is 25.3 Å². The van der Waals surface area contributed by atoms with Crippen LogP contribution >= 0.6 is 0 Å². The number of carbonyl (C=O) groups is 1. The lowest BCUT2D eigenvalue weighted by molar-refractivity contribution is -0.134. The minimum Gasteiger partial charge on any atom is -0.466 e. The lowest BCUT2D eigenvalue weighted by Crippen LogP contribution is -2.25. The van der Waals surface area contributed by atoms with E-state index in [0.717, 1.165) is 30.8 Å². The molecule has 1 aliphatic heterocycles. The molecule has 1 aromatic carbocycles. The Morgan fingerprint density at radius 3 is 2.84 bits per heavy atom. The molecule has 0 N–H and O–H groups in total. The van der Waals surface area contributed by atoms with E-state index < -0.39 is 0 Å². The first-order valence-corrected chi connectivity index (χ1v) is 8.76. The summed E-state index contributed by atoms with van der Waals surface area (Å²) in [5.74, 6) is -0.333. The van der Waals surface area contributed by atoms with Crippen LogP contribution in [0, 0.1) is 0 Å². The van der Waals surface area contributed by atoms with Crippen LogP contribution in [0.5, 0.6) is 0 Å². The second kappa shape index (κ2) is 8.58. The molecule has 0 amide bonds. The van der Waals surface area contributed by atoms with Crippen LogP contribution < -0.4 is 0 Å². The second-order valence-electron chi connectivity index (χ2n) is 6.29. The van der Waals surface area contributed by atoms with Gasteiger partial charge in [-0.05, 0) is 48.7 Å². The fourth-order valence-corrected chi connectivity index (χ4v) is 3.34. The van der Waals surface area contributed by atoms with Crippen LogP contribution in [0.4, 0.5) is 0 Å². The molecule has 0 aliphatic carbocycles. The Hall–Kier alpha value is -2.46. The summed E-state index contributed by atoms with van der Waals surface area (Å²) in [6, 6.07) is 15.0. The SMILES string of the molecule is COC(=O)C=Cc1ccc(C2CCCN2CCc2ccccn2)cc1. The summed E-state index contributed by atoms with van der Waals surface area (Å²) < 4.78 is 4.62. The number of likely N-dealkylation sites (tertiary alicyclic amines) is 1. The van der Waals surface area contributed by atoms with Crippen molar-refractivity contribution < 1.29 is 9.53 Å². The minimum atomic E-state index is -0.333. The van der Waals surface area contributed by atoms with Crippen molar-refractivity contribution in [3.63, 3.8) is 0 Å². The summed E-state index contributed by atoms with van der Waals surface area (Å²) in [5.41, 5.74) is 3.50. The summed E-state index contributed by atoms with van der Waals surface area (Å²) in [6.45, 7) is 2.17. The molecule has 1 atom stereocenters. The van der Waals surface area contributed by atoms with Gasteiger partial charge in [0.1, 0.15) is 0 Å². The molecule has 0 saturated carbocycles. The van der Waals surface area contributed by atoms with Crippen molar-refractivity contribution >= 4 is 12.0 Å². The highest BCUT2D eigenvalue weighted by molar-refractivity contribution is 5.86. The van der Waals surface area contributed by atoms with Gasteiger partial charge >= 0.3 is 5.97 Å². The van der Waals surface area contributed by atoms with E-state index in [1.165, 1.54) is 31.6 Å². The van der Waals surface area contributed by atoms with E-state index in [-0.39, 0.29) is 5.97 Å². The normalized spacial score (nSPS) is 17.9. The lowest BCUT2D eigenvalue weighted by atomic mass is 10.0. The predicted molar refractivity (Wildman–Crippen MR) is 99.0 cm³/mol. The molecule has 4 nitrogen and oxygen atoms in total. The van der Waals surface area contributed by atoms with Gasteiger partial charge < -0.3 is 4.74 Å². The van der Waals surface area contributed by atoms with Gasteiger partial charge in [-0.15, -0.1) is 0 Å². The first-order valence-electron chi connectivity index (χ1n) is 8.76. The third-order valence-electron chi connectivity index (χ3n) is 4.68. The Balaban J connectivity index is 1.61. The molecular formula is C21H24N2O2. The molecule has 0 bridgehead atoms. The number of aromatic nitrogens is 1. The van der Waals surface area contributed by atoms with Gasteiger partial charge in [-0.2, -0.15) is 0 Å². The molecule has 1 fully saturated rings. The van der Waals surface area contributed by atoms with Crippen LogP contribution in [0.25, 0.3) is 6.08 Å². The Morgan fingerprint density at radius 1 is 1.28 bits per heavy atom.